The van der Waals surface area contributed by atoms with Gasteiger partial charge in [-0.2, -0.15) is 0 Å². The number of hydrogen-bond donors (Lipinski definition) is 2. The van der Waals surface area contributed by atoms with Crippen molar-refractivity contribution in [3.63, 3.8) is 0 Å². The highest BCUT2D eigenvalue weighted by Gasteiger charge is 2.06. The lowest BCUT2D eigenvalue weighted by Gasteiger charge is -2.12. The molecule has 0 aliphatic heterocycles. The van der Waals surface area contributed by atoms with Gasteiger partial charge in [0.25, 0.3) is 5.91 Å². The number of likely N-dealkylation sites (N-methyl/N-ethyl adjacent to an activating group) is 1. The molecule has 4 nitrogen and oxygen atoms in total. The number of carbonyl (C=O) groups is 1. The summed E-state index contributed by atoms with van der Waals surface area (Å²) in [5.74, 6) is -0.0238. The monoisotopic (exact) mass is 249 g/mol. The molecule has 0 atom stereocenters. The molecule has 0 aliphatic carbocycles. The van der Waals surface area contributed by atoms with E-state index in [4.69, 9.17) is 0 Å². The molecule has 0 spiro atoms. The van der Waals surface area contributed by atoms with Crippen molar-refractivity contribution in [2.75, 3.05) is 32.5 Å². The third-order valence-electron chi connectivity index (χ3n) is 2.42. The van der Waals surface area contributed by atoms with E-state index in [-0.39, 0.29) is 5.91 Å². The highest BCUT2D eigenvalue weighted by molar-refractivity contribution is 5.95. The van der Waals surface area contributed by atoms with Crippen LogP contribution >= 0.6 is 0 Å². The van der Waals surface area contributed by atoms with E-state index in [0.717, 1.165) is 12.2 Å². The Balaban J connectivity index is 2.57. The summed E-state index contributed by atoms with van der Waals surface area (Å²) in [5, 5.41) is 6.19. The topological polar surface area (TPSA) is 44.4 Å². The van der Waals surface area contributed by atoms with Crippen molar-refractivity contribution < 1.29 is 4.79 Å². The molecule has 1 amide bonds. The van der Waals surface area contributed by atoms with Gasteiger partial charge in [-0.15, -0.1) is 0 Å². The average Bonchev–Trinajstić information content (AvgIpc) is 2.27. The standard InChI is InChI=1S/C14H23N3O/c1-11(2)16-13-7-5-6-12(10-13)14(18)15-8-9-17(3)4/h5-7,10-11,16H,8-9H2,1-4H3,(H,15,18). The molecule has 4 heteroatoms. The first-order chi connectivity index (χ1) is 8.49. The van der Waals surface area contributed by atoms with Crippen molar-refractivity contribution in [1.29, 1.82) is 0 Å². The quantitative estimate of drug-likeness (QED) is 0.808. The summed E-state index contributed by atoms with van der Waals surface area (Å²) < 4.78 is 0. The van der Waals surface area contributed by atoms with Crippen LogP contribution in [0.3, 0.4) is 0 Å². The minimum Gasteiger partial charge on any atom is -0.383 e. The number of carbonyl (C=O) groups excluding carboxylic acids is 1. The summed E-state index contributed by atoms with van der Waals surface area (Å²) in [7, 11) is 3.97. The lowest BCUT2D eigenvalue weighted by molar-refractivity contribution is 0.0951. The van der Waals surface area contributed by atoms with Crippen LogP contribution in [0.4, 0.5) is 5.69 Å². The zero-order chi connectivity index (χ0) is 13.5. The molecule has 18 heavy (non-hydrogen) atoms. The highest BCUT2D eigenvalue weighted by atomic mass is 16.1. The van der Waals surface area contributed by atoms with E-state index < -0.39 is 0 Å². The van der Waals surface area contributed by atoms with Crippen molar-refractivity contribution in [3.05, 3.63) is 29.8 Å². The first kappa shape index (κ1) is 14.5. The van der Waals surface area contributed by atoms with Crippen LogP contribution in [0.15, 0.2) is 24.3 Å². The minimum absolute atomic E-state index is 0.0238. The van der Waals surface area contributed by atoms with Gasteiger partial charge in [0.1, 0.15) is 0 Å². The Morgan fingerprint density at radius 2 is 2.06 bits per heavy atom. The number of nitrogens with one attached hydrogen (secondary N) is 2. The van der Waals surface area contributed by atoms with Crippen molar-refractivity contribution in [1.82, 2.24) is 10.2 Å². The van der Waals surface area contributed by atoms with Crippen LogP contribution in [-0.4, -0.2) is 44.0 Å². The summed E-state index contributed by atoms with van der Waals surface area (Å²) in [6.45, 7) is 5.65. The Bertz CT molecular complexity index is 388. The molecule has 2 N–H and O–H groups in total. The predicted octanol–water partition coefficient (Wildman–Crippen LogP) is 1.80. The first-order valence-electron chi connectivity index (χ1n) is 6.28. The van der Waals surface area contributed by atoms with Gasteiger partial charge >= 0.3 is 0 Å². The Kier molecular flexibility index (Phi) is 5.65. The molecule has 0 heterocycles. The zero-order valence-corrected chi connectivity index (χ0v) is 11.7. The number of benzene rings is 1. The predicted molar refractivity (Wildman–Crippen MR) is 76.1 cm³/mol. The molecule has 1 aromatic carbocycles. The van der Waals surface area contributed by atoms with Gasteiger partial charge in [-0.3, -0.25) is 4.79 Å². The second-order valence-electron chi connectivity index (χ2n) is 4.94. The van der Waals surface area contributed by atoms with E-state index in [9.17, 15) is 4.79 Å². The van der Waals surface area contributed by atoms with Crippen molar-refractivity contribution in [2.24, 2.45) is 0 Å². The van der Waals surface area contributed by atoms with Gasteiger partial charge in [0, 0.05) is 30.4 Å². The summed E-state index contributed by atoms with van der Waals surface area (Å²) in [5.41, 5.74) is 1.67. The summed E-state index contributed by atoms with van der Waals surface area (Å²) in [4.78, 5) is 13.9. The molecule has 0 unspecified atom stereocenters. The van der Waals surface area contributed by atoms with E-state index in [1.165, 1.54) is 0 Å². The van der Waals surface area contributed by atoms with Crippen LogP contribution < -0.4 is 10.6 Å². The third kappa shape index (κ3) is 5.19. The molecule has 0 aliphatic rings. The average molecular weight is 249 g/mol. The molecular formula is C14H23N3O. The molecule has 100 valence electrons. The first-order valence-corrected chi connectivity index (χ1v) is 6.28. The molecule has 0 radical (unpaired) electrons. The van der Waals surface area contributed by atoms with Gasteiger partial charge in [-0.25, -0.2) is 0 Å². The fourth-order valence-corrected chi connectivity index (χ4v) is 1.58. The normalized spacial score (nSPS) is 10.8. The van der Waals surface area contributed by atoms with E-state index in [0.29, 0.717) is 18.2 Å². The second kappa shape index (κ2) is 7.01. The van der Waals surface area contributed by atoms with Gasteiger partial charge < -0.3 is 15.5 Å². The van der Waals surface area contributed by atoms with Crippen LogP contribution in [0.1, 0.15) is 24.2 Å². The van der Waals surface area contributed by atoms with Gasteiger partial charge in [0.05, 0.1) is 0 Å². The van der Waals surface area contributed by atoms with Crippen molar-refractivity contribution in [2.45, 2.75) is 19.9 Å². The van der Waals surface area contributed by atoms with E-state index >= 15 is 0 Å². The van der Waals surface area contributed by atoms with Crippen LogP contribution in [0, 0.1) is 0 Å². The second-order valence-corrected chi connectivity index (χ2v) is 4.94. The van der Waals surface area contributed by atoms with Crippen LogP contribution in [0.5, 0.6) is 0 Å². The molecule has 0 saturated carbocycles. The molecule has 0 aromatic heterocycles. The zero-order valence-electron chi connectivity index (χ0n) is 11.7. The van der Waals surface area contributed by atoms with E-state index in [1.807, 2.05) is 43.3 Å². The lowest BCUT2D eigenvalue weighted by atomic mass is 10.2. The highest BCUT2D eigenvalue weighted by Crippen LogP contribution is 2.11. The van der Waals surface area contributed by atoms with Crippen molar-refractivity contribution in [3.8, 4) is 0 Å². The molecule has 1 rings (SSSR count). The molecular weight excluding hydrogens is 226 g/mol. The molecule has 0 saturated heterocycles. The largest absolute Gasteiger partial charge is 0.383 e. The maximum atomic E-state index is 11.9. The fraction of sp³-hybridized carbons (Fsp3) is 0.500. The van der Waals surface area contributed by atoms with Gasteiger partial charge in [0.15, 0.2) is 0 Å². The van der Waals surface area contributed by atoms with Crippen LogP contribution in [-0.2, 0) is 0 Å². The number of anilines is 1. The summed E-state index contributed by atoms with van der Waals surface area (Å²) in [6, 6.07) is 7.93. The fourth-order valence-electron chi connectivity index (χ4n) is 1.58. The van der Waals surface area contributed by atoms with Gasteiger partial charge in [0.2, 0.25) is 0 Å². The van der Waals surface area contributed by atoms with Crippen LogP contribution in [0.2, 0.25) is 0 Å². The smallest absolute Gasteiger partial charge is 0.251 e. The molecule has 1 aromatic rings. The Morgan fingerprint density at radius 3 is 2.67 bits per heavy atom. The Hall–Kier alpha value is -1.55. The number of rotatable bonds is 6. The number of nitrogens with zero attached hydrogens (tertiary/aromatic N) is 1. The van der Waals surface area contributed by atoms with Gasteiger partial charge in [-0.1, -0.05) is 6.07 Å². The van der Waals surface area contributed by atoms with E-state index in [2.05, 4.69) is 24.5 Å². The number of amides is 1. The molecule has 0 fully saturated rings. The minimum atomic E-state index is -0.0238. The van der Waals surface area contributed by atoms with Crippen molar-refractivity contribution >= 4 is 11.6 Å². The SMILES string of the molecule is CC(C)Nc1cccc(C(=O)NCCN(C)C)c1. The maximum absolute atomic E-state index is 11.9. The summed E-state index contributed by atoms with van der Waals surface area (Å²) in [6.07, 6.45) is 0. The van der Waals surface area contributed by atoms with E-state index in [1.54, 1.807) is 0 Å². The lowest BCUT2D eigenvalue weighted by Crippen LogP contribution is -2.31. The Labute approximate surface area is 109 Å². The third-order valence-corrected chi connectivity index (χ3v) is 2.42. The number of hydrogen-bond acceptors (Lipinski definition) is 3. The maximum Gasteiger partial charge on any atom is 0.251 e. The summed E-state index contributed by atoms with van der Waals surface area (Å²) >= 11 is 0. The Morgan fingerprint density at radius 1 is 1.33 bits per heavy atom. The van der Waals surface area contributed by atoms with Crippen LogP contribution in [0.25, 0.3) is 0 Å². The molecule has 0 bridgehead atoms. The van der Waals surface area contributed by atoms with Gasteiger partial charge in [-0.05, 0) is 46.1 Å².